The molecule has 0 saturated heterocycles. The highest BCUT2D eigenvalue weighted by molar-refractivity contribution is 6.31. The van der Waals surface area contributed by atoms with Crippen LogP contribution in [0, 0.1) is 40.4 Å². The van der Waals surface area contributed by atoms with Crippen LogP contribution in [-0.4, -0.2) is 39.8 Å². The summed E-state index contributed by atoms with van der Waals surface area (Å²) in [6.07, 6.45) is 12.2. The monoisotopic (exact) mass is 548 g/mol. The van der Waals surface area contributed by atoms with Crippen molar-refractivity contribution in [2.75, 3.05) is 23.7 Å². The van der Waals surface area contributed by atoms with Gasteiger partial charge in [0.15, 0.2) is 0 Å². The topological polar surface area (TPSA) is 106 Å². The maximum absolute atomic E-state index is 10.3. The van der Waals surface area contributed by atoms with Gasteiger partial charge in [-0.25, -0.2) is 4.98 Å². The molecule has 3 unspecified atom stereocenters. The van der Waals surface area contributed by atoms with E-state index < -0.39 is 5.60 Å². The van der Waals surface area contributed by atoms with Crippen molar-refractivity contribution in [3.8, 4) is 6.07 Å². The Morgan fingerprint density at radius 2 is 1.85 bits per heavy atom. The Morgan fingerprint density at radius 3 is 2.56 bits per heavy atom. The van der Waals surface area contributed by atoms with Crippen LogP contribution >= 0.6 is 11.6 Å². The van der Waals surface area contributed by atoms with Gasteiger partial charge in [-0.05, 0) is 112 Å². The number of anilines is 2. The molecule has 8 heteroatoms. The SMILES string of the molecule is CC1(O)CCC(CNC2[C@@H]3CC4C[C@H]2CC(CNc2nc(NCc5ccccc5Cl)ncc2C#N)(C4)C3)CC1. The molecule has 0 radical (unpaired) electrons. The van der Waals surface area contributed by atoms with Gasteiger partial charge >= 0.3 is 0 Å². The Balaban J connectivity index is 1.07. The lowest BCUT2D eigenvalue weighted by Gasteiger charge is -2.60. The van der Waals surface area contributed by atoms with Crippen molar-refractivity contribution in [3.05, 3.63) is 46.6 Å². The summed E-state index contributed by atoms with van der Waals surface area (Å²) < 4.78 is 0. The highest BCUT2D eigenvalue weighted by Crippen LogP contribution is 2.60. The number of nitrogens with one attached hydrogen (secondary N) is 3. The first-order valence-electron chi connectivity index (χ1n) is 14.8. The van der Waals surface area contributed by atoms with Gasteiger partial charge in [-0.2, -0.15) is 10.2 Å². The number of nitrogens with zero attached hydrogens (tertiary/aromatic N) is 3. The highest BCUT2D eigenvalue weighted by Gasteiger charge is 2.55. The number of halogens is 1. The van der Waals surface area contributed by atoms with Crippen LogP contribution in [-0.2, 0) is 6.54 Å². The fraction of sp³-hybridized carbons (Fsp3) is 0.645. The summed E-state index contributed by atoms with van der Waals surface area (Å²) in [5.41, 5.74) is 1.28. The summed E-state index contributed by atoms with van der Waals surface area (Å²) in [6.45, 7) is 4.46. The minimum absolute atomic E-state index is 0.279. The molecule has 5 aliphatic carbocycles. The van der Waals surface area contributed by atoms with Crippen molar-refractivity contribution in [1.29, 1.82) is 5.26 Å². The zero-order valence-corrected chi connectivity index (χ0v) is 23.7. The molecule has 0 spiro atoms. The van der Waals surface area contributed by atoms with Crippen LogP contribution in [0.15, 0.2) is 30.5 Å². The molecule has 1 aromatic carbocycles. The van der Waals surface area contributed by atoms with Crippen LogP contribution in [0.3, 0.4) is 0 Å². The molecule has 39 heavy (non-hydrogen) atoms. The summed E-state index contributed by atoms with van der Waals surface area (Å²) in [6, 6.07) is 10.6. The van der Waals surface area contributed by atoms with Crippen molar-refractivity contribution >= 4 is 23.4 Å². The van der Waals surface area contributed by atoms with Gasteiger partial charge in [0.05, 0.1) is 11.8 Å². The molecule has 2 aromatic rings. The molecule has 0 aliphatic heterocycles. The molecule has 5 fully saturated rings. The molecule has 7 nitrogen and oxygen atoms in total. The van der Waals surface area contributed by atoms with Crippen molar-refractivity contribution in [1.82, 2.24) is 15.3 Å². The Labute approximate surface area is 237 Å². The minimum atomic E-state index is -0.458. The molecule has 208 valence electrons. The molecule has 1 aromatic heterocycles. The van der Waals surface area contributed by atoms with E-state index in [9.17, 15) is 10.4 Å². The van der Waals surface area contributed by atoms with Crippen molar-refractivity contribution in [2.45, 2.75) is 82.9 Å². The maximum atomic E-state index is 10.3. The van der Waals surface area contributed by atoms with Crippen molar-refractivity contribution in [2.24, 2.45) is 29.1 Å². The summed E-state index contributed by atoms with van der Waals surface area (Å²) in [5, 5.41) is 31.6. The van der Waals surface area contributed by atoms with Gasteiger partial charge in [0.2, 0.25) is 5.95 Å². The Kier molecular flexibility index (Phi) is 7.47. The van der Waals surface area contributed by atoms with E-state index in [0.29, 0.717) is 40.9 Å². The van der Waals surface area contributed by atoms with Gasteiger partial charge in [0, 0.05) is 24.2 Å². The second-order valence-electron chi connectivity index (χ2n) is 13.2. The summed E-state index contributed by atoms with van der Waals surface area (Å²) in [7, 11) is 0. The van der Waals surface area contributed by atoms with E-state index in [1.807, 2.05) is 31.2 Å². The number of hydrogen-bond acceptors (Lipinski definition) is 7. The lowest BCUT2D eigenvalue weighted by Crippen LogP contribution is -2.60. The zero-order valence-electron chi connectivity index (χ0n) is 22.9. The maximum Gasteiger partial charge on any atom is 0.224 e. The number of rotatable bonds is 9. The van der Waals surface area contributed by atoms with E-state index in [1.54, 1.807) is 6.20 Å². The number of benzene rings is 1. The Bertz CT molecular complexity index is 1200. The molecule has 4 bridgehead atoms. The fourth-order valence-corrected chi connectivity index (χ4v) is 8.52. The van der Waals surface area contributed by atoms with E-state index >= 15 is 0 Å². The van der Waals surface area contributed by atoms with Crippen LogP contribution in [0.2, 0.25) is 5.02 Å². The van der Waals surface area contributed by atoms with Gasteiger partial charge in [-0.3, -0.25) is 0 Å². The quantitative estimate of drug-likeness (QED) is 0.316. The van der Waals surface area contributed by atoms with E-state index in [4.69, 9.17) is 11.6 Å². The Hall–Kier alpha value is -2.40. The normalized spacial score (nSPS) is 35.0. The van der Waals surface area contributed by atoms with E-state index in [2.05, 4.69) is 32.0 Å². The van der Waals surface area contributed by atoms with E-state index in [1.165, 1.54) is 32.1 Å². The van der Waals surface area contributed by atoms with Gasteiger partial charge in [0.25, 0.3) is 0 Å². The van der Waals surface area contributed by atoms with Crippen LogP contribution < -0.4 is 16.0 Å². The van der Waals surface area contributed by atoms with Crippen molar-refractivity contribution in [3.63, 3.8) is 0 Å². The van der Waals surface area contributed by atoms with Crippen LogP contribution in [0.25, 0.3) is 0 Å². The first-order valence-corrected chi connectivity index (χ1v) is 15.1. The molecule has 5 aliphatic rings. The average molecular weight is 549 g/mol. The van der Waals surface area contributed by atoms with E-state index in [-0.39, 0.29) is 5.41 Å². The summed E-state index contributed by atoms with van der Waals surface area (Å²) >= 11 is 6.30. The minimum Gasteiger partial charge on any atom is -0.390 e. The smallest absolute Gasteiger partial charge is 0.224 e. The third kappa shape index (κ3) is 5.89. The fourth-order valence-electron chi connectivity index (χ4n) is 8.32. The second kappa shape index (κ2) is 10.9. The lowest BCUT2D eigenvalue weighted by molar-refractivity contribution is -0.0711. The van der Waals surface area contributed by atoms with Gasteiger partial charge < -0.3 is 21.1 Å². The molecule has 7 rings (SSSR count). The number of nitriles is 1. The van der Waals surface area contributed by atoms with E-state index in [0.717, 1.165) is 62.1 Å². The zero-order chi connectivity index (χ0) is 27.0. The first kappa shape index (κ1) is 26.8. The van der Waals surface area contributed by atoms with Gasteiger partial charge in [0.1, 0.15) is 17.5 Å². The van der Waals surface area contributed by atoms with Gasteiger partial charge in [-0.1, -0.05) is 29.8 Å². The predicted octanol–water partition coefficient (Wildman–Crippen LogP) is 5.75. The van der Waals surface area contributed by atoms with Crippen LogP contribution in [0.5, 0.6) is 0 Å². The molecular formula is C31H41ClN6O. The average Bonchev–Trinajstić information content (AvgIpc) is 2.91. The number of aliphatic hydroxyl groups is 1. The summed E-state index contributed by atoms with van der Waals surface area (Å²) in [5.74, 6) is 4.10. The first-order chi connectivity index (χ1) is 18.8. The third-order valence-electron chi connectivity index (χ3n) is 10.2. The second-order valence-corrected chi connectivity index (χ2v) is 13.6. The predicted molar refractivity (Wildman–Crippen MR) is 154 cm³/mol. The molecule has 4 N–H and O–H groups in total. The van der Waals surface area contributed by atoms with Crippen molar-refractivity contribution < 1.29 is 5.11 Å². The number of aromatic nitrogens is 2. The third-order valence-corrected chi connectivity index (χ3v) is 10.5. The number of hydrogen-bond donors (Lipinski definition) is 4. The Morgan fingerprint density at radius 1 is 1.10 bits per heavy atom. The molecule has 1 heterocycles. The van der Waals surface area contributed by atoms with Gasteiger partial charge in [-0.15, -0.1) is 0 Å². The summed E-state index contributed by atoms with van der Waals surface area (Å²) in [4.78, 5) is 9.04. The molecule has 5 atom stereocenters. The van der Waals surface area contributed by atoms with Crippen LogP contribution in [0.1, 0.15) is 75.8 Å². The molecule has 0 amide bonds. The lowest BCUT2D eigenvalue weighted by atomic mass is 9.48. The highest BCUT2D eigenvalue weighted by atomic mass is 35.5. The largest absolute Gasteiger partial charge is 0.390 e. The molecular weight excluding hydrogens is 508 g/mol. The molecule has 5 saturated carbocycles. The van der Waals surface area contributed by atoms with Crippen LogP contribution in [0.4, 0.5) is 11.8 Å². The standard InChI is InChI=1S/C31H41ClN6O/c1-30(39)8-6-20(7-9-30)16-34-27-23-10-21-11-24(27)14-31(12-21,13-23)19-37-28-25(15-33)18-36-29(38-28)35-17-22-4-2-3-5-26(22)32/h2-5,18,20-21,23-24,27,34,39H,6-14,16-17,19H2,1H3,(H2,35,36,37,38)/t20?,21?,23-,24+,27?,30?,31?.